The summed E-state index contributed by atoms with van der Waals surface area (Å²) in [5.74, 6) is 13.0. The summed E-state index contributed by atoms with van der Waals surface area (Å²) in [5.41, 5.74) is 1.49. The van der Waals surface area contributed by atoms with E-state index in [0.29, 0.717) is 37.6 Å². The van der Waals surface area contributed by atoms with Crippen LogP contribution in [-0.2, 0) is 0 Å². The van der Waals surface area contributed by atoms with Crippen molar-refractivity contribution in [3.63, 3.8) is 0 Å². The third kappa shape index (κ3) is 3.68. The van der Waals surface area contributed by atoms with Crippen molar-refractivity contribution in [2.75, 3.05) is 26.4 Å². The van der Waals surface area contributed by atoms with E-state index in [-0.39, 0.29) is 13.2 Å². The van der Waals surface area contributed by atoms with Gasteiger partial charge in [0.1, 0.15) is 13.2 Å². The standard InChI is InChI=1S/C16H16O4/c17-7-3-1-5-13-11-15-16(20-10-9-19-15)12-14(13)6-2-4-8-18/h11-12,17-18H,3-4,7-10H2. The summed E-state index contributed by atoms with van der Waals surface area (Å²) in [4.78, 5) is 0. The van der Waals surface area contributed by atoms with E-state index in [9.17, 15) is 0 Å². The molecule has 0 spiro atoms. The monoisotopic (exact) mass is 272 g/mol. The van der Waals surface area contributed by atoms with Crippen LogP contribution in [0.1, 0.15) is 24.0 Å². The smallest absolute Gasteiger partial charge is 0.162 e. The first-order valence-corrected chi connectivity index (χ1v) is 6.48. The van der Waals surface area contributed by atoms with Gasteiger partial charge in [-0.15, -0.1) is 0 Å². The lowest BCUT2D eigenvalue weighted by Crippen LogP contribution is -2.15. The minimum absolute atomic E-state index is 0.0308. The molecule has 1 aromatic rings. The van der Waals surface area contributed by atoms with E-state index in [1.165, 1.54) is 0 Å². The molecule has 2 N–H and O–H groups in total. The average Bonchev–Trinajstić information content (AvgIpc) is 2.48. The van der Waals surface area contributed by atoms with Gasteiger partial charge < -0.3 is 19.7 Å². The lowest BCUT2D eigenvalue weighted by Gasteiger charge is -2.19. The zero-order chi connectivity index (χ0) is 14.2. The van der Waals surface area contributed by atoms with Crippen LogP contribution in [0.3, 0.4) is 0 Å². The Morgan fingerprint density at radius 1 is 0.850 bits per heavy atom. The molecule has 0 fully saturated rings. The number of aliphatic hydroxyl groups is 2. The number of rotatable bonds is 2. The van der Waals surface area contributed by atoms with E-state index >= 15 is 0 Å². The first-order chi connectivity index (χ1) is 9.85. The molecule has 104 valence electrons. The maximum Gasteiger partial charge on any atom is 0.162 e. The topological polar surface area (TPSA) is 58.9 Å². The molecule has 1 aromatic carbocycles. The van der Waals surface area contributed by atoms with Gasteiger partial charge in [0.05, 0.1) is 13.2 Å². The van der Waals surface area contributed by atoms with E-state index in [1.807, 2.05) is 12.1 Å². The van der Waals surface area contributed by atoms with Crippen LogP contribution < -0.4 is 9.47 Å². The maximum atomic E-state index is 8.78. The lowest BCUT2D eigenvalue weighted by molar-refractivity contribution is 0.171. The zero-order valence-corrected chi connectivity index (χ0v) is 11.1. The SMILES string of the molecule is OCCC#Cc1cc2c(cc1C#CCCO)OCCO2. The third-order valence-corrected chi connectivity index (χ3v) is 2.60. The van der Waals surface area contributed by atoms with Gasteiger partial charge in [0.15, 0.2) is 11.5 Å². The Bertz CT molecular complexity index is 531. The largest absolute Gasteiger partial charge is 0.486 e. The van der Waals surface area contributed by atoms with Crippen molar-refractivity contribution in [1.82, 2.24) is 0 Å². The summed E-state index contributed by atoms with van der Waals surface area (Å²) >= 11 is 0. The van der Waals surface area contributed by atoms with Gasteiger partial charge in [-0.1, -0.05) is 23.7 Å². The number of fused-ring (bicyclic) bond motifs is 1. The molecule has 20 heavy (non-hydrogen) atoms. The van der Waals surface area contributed by atoms with Gasteiger partial charge in [-0.25, -0.2) is 0 Å². The van der Waals surface area contributed by atoms with Crippen LogP contribution in [0.15, 0.2) is 12.1 Å². The van der Waals surface area contributed by atoms with Crippen molar-refractivity contribution in [3.05, 3.63) is 23.3 Å². The fourth-order valence-corrected chi connectivity index (χ4v) is 1.72. The second-order valence-electron chi connectivity index (χ2n) is 4.09. The highest BCUT2D eigenvalue weighted by Gasteiger charge is 2.14. The minimum atomic E-state index is 0.0308. The molecule has 1 aliphatic rings. The molecule has 2 rings (SSSR count). The minimum Gasteiger partial charge on any atom is -0.486 e. The van der Waals surface area contributed by atoms with Crippen LogP contribution in [0.4, 0.5) is 0 Å². The Labute approximate surface area is 118 Å². The van der Waals surface area contributed by atoms with Crippen molar-refractivity contribution >= 4 is 0 Å². The van der Waals surface area contributed by atoms with Crippen LogP contribution in [0.25, 0.3) is 0 Å². The normalized spacial score (nSPS) is 11.9. The van der Waals surface area contributed by atoms with Gasteiger partial charge in [0.2, 0.25) is 0 Å². The number of ether oxygens (including phenoxy) is 2. The fraction of sp³-hybridized carbons (Fsp3) is 0.375. The Kier molecular flexibility index (Phi) is 5.32. The molecule has 0 unspecified atom stereocenters. The van der Waals surface area contributed by atoms with Crippen molar-refractivity contribution in [3.8, 4) is 35.2 Å². The van der Waals surface area contributed by atoms with E-state index < -0.39 is 0 Å². The first kappa shape index (κ1) is 14.3. The number of hydrogen-bond acceptors (Lipinski definition) is 4. The molecule has 1 aliphatic heterocycles. The third-order valence-electron chi connectivity index (χ3n) is 2.60. The van der Waals surface area contributed by atoms with Crippen molar-refractivity contribution < 1.29 is 19.7 Å². The molecular formula is C16H16O4. The molecule has 0 bridgehead atoms. The summed E-state index contributed by atoms with van der Waals surface area (Å²) in [6.45, 7) is 1.10. The molecule has 0 radical (unpaired) electrons. The summed E-state index contributed by atoms with van der Waals surface area (Å²) < 4.78 is 11.0. The summed E-state index contributed by atoms with van der Waals surface area (Å²) in [7, 11) is 0. The Hall–Kier alpha value is -2.14. The molecule has 4 heteroatoms. The number of hydrogen-bond donors (Lipinski definition) is 2. The van der Waals surface area contributed by atoms with Crippen molar-refractivity contribution in [1.29, 1.82) is 0 Å². The molecule has 0 atom stereocenters. The predicted octanol–water partition coefficient (Wildman–Crippen LogP) is 0.926. The highest BCUT2D eigenvalue weighted by molar-refractivity contribution is 5.59. The average molecular weight is 272 g/mol. The van der Waals surface area contributed by atoms with Crippen LogP contribution in [-0.4, -0.2) is 36.6 Å². The molecular weight excluding hydrogens is 256 g/mol. The number of benzene rings is 1. The highest BCUT2D eigenvalue weighted by atomic mass is 16.6. The van der Waals surface area contributed by atoms with Crippen LogP contribution in [0.2, 0.25) is 0 Å². The van der Waals surface area contributed by atoms with Crippen molar-refractivity contribution in [2.45, 2.75) is 12.8 Å². The van der Waals surface area contributed by atoms with E-state index in [4.69, 9.17) is 19.7 Å². The van der Waals surface area contributed by atoms with Gasteiger partial charge in [-0.2, -0.15) is 0 Å². The Morgan fingerprint density at radius 3 is 1.70 bits per heavy atom. The molecule has 0 saturated heterocycles. The van der Waals surface area contributed by atoms with E-state index in [0.717, 1.165) is 11.1 Å². The van der Waals surface area contributed by atoms with Crippen molar-refractivity contribution in [2.24, 2.45) is 0 Å². The second-order valence-corrected chi connectivity index (χ2v) is 4.09. The second kappa shape index (κ2) is 7.45. The first-order valence-electron chi connectivity index (χ1n) is 6.48. The molecule has 4 nitrogen and oxygen atoms in total. The number of aliphatic hydroxyl groups excluding tert-OH is 2. The fourth-order valence-electron chi connectivity index (χ4n) is 1.72. The lowest BCUT2D eigenvalue weighted by atomic mass is 10.1. The summed E-state index contributed by atoms with van der Waals surface area (Å²) in [6, 6.07) is 3.61. The zero-order valence-electron chi connectivity index (χ0n) is 11.1. The molecule has 0 aliphatic carbocycles. The predicted molar refractivity (Wildman–Crippen MR) is 74.6 cm³/mol. The molecule has 0 saturated carbocycles. The summed E-state index contributed by atoms with van der Waals surface area (Å²) in [5, 5.41) is 17.6. The van der Waals surface area contributed by atoms with E-state index in [1.54, 1.807) is 0 Å². The molecule has 0 amide bonds. The van der Waals surface area contributed by atoms with Gasteiger partial charge in [-0.05, 0) is 0 Å². The quantitative estimate of drug-likeness (QED) is 0.786. The van der Waals surface area contributed by atoms with E-state index in [2.05, 4.69) is 23.7 Å². The highest BCUT2D eigenvalue weighted by Crippen LogP contribution is 2.32. The molecule has 1 heterocycles. The van der Waals surface area contributed by atoms with Gasteiger partial charge in [-0.3, -0.25) is 0 Å². The van der Waals surface area contributed by atoms with Crippen LogP contribution in [0, 0.1) is 23.7 Å². The van der Waals surface area contributed by atoms with Gasteiger partial charge in [0, 0.05) is 36.1 Å². The summed E-state index contributed by atoms with van der Waals surface area (Å²) in [6.07, 6.45) is 0.829. The molecule has 0 aromatic heterocycles. The maximum absolute atomic E-state index is 8.78. The van der Waals surface area contributed by atoms with Crippen LogP contribution >= 0.6 is 0 Å². The van der Waals surface area contributed by atoms with Gasteiger partial charge >= 0.3 is 0 Å². The Balaban J connectivity index is 2.36. The Morgan fingerprint density at radius 2 is 1.30 bits per heavy atom. The van der Waals surface area contributed by atoms with Gasteiger partial charge in [0.25, 0.3) is 0 Å². The van der Waals surface area contributed by atoms with Crippen LogP contribution in [0.5, 0.6) is 11.5 Å².